The summed E-state index contributed by atoms with van der Waals surface area (Å²) in [7, 11) is 0. The third-order valence-corrected chi connectivity index (χ3v) is 4.91. The smallest absolute Gasteiger partial charge is 0.341 e. The minimum absolute atomic E-state index is 0.334. The number of ether oxygens (including phenoxy) is 1. The molecule has 3 heteroatoms. The second-order valence-corrected chi connectivity index (χ2v) is 7.42. The Morgan fingerprint density at radius 2 is 1.04 bits per heavy atom. The quantitative estimate of drug-likeness (QED) is 0.111. The van der Waals surface area contributed by atoms with Crippen LogP contribution in [0.2, 0.25) is 0 Å². The maximum absolute atomic E-state index is 11.5. The van der Waals surface area contributed by atoms with Crippen molar-refractivity contribution in [3.05, 3.63) is 12.2 Å². The van der Waals surface area contributed by atoms with Crippen LogP contribution in [0.25, 0.3) is 0 Å². The summed E-state index contributed by atoms with van der Waals surface area (Å²) in [6.07, 6.45) is 20.3. The van der Waals surface area contributed by atoms with Gasteiger partial charge in [0.25, 0.3) is 0 Å². The van der Waals surface area contributed by atoms with Gasteiger partial charge in [-0.2, -0.15) is 0 Å². The summed E-state index contributed by atoms with van der Waals surface area (Å²) in [5.74, 6) is -0.988. The largest absolute Gasteiger partial charge is 0.390 e. The summed E-state index contributed by atoms with van der Waals surface area (Å²) in [4.78, 5) is 22.9. The van der Waals surface area contributed by atoms with Gasteiger partial charge in [0.05, 0.1) is 0 Å². The highest BCUT2D eigenvalue weighted by atomic mass is 16.6. The van der Waals surface area contributed by atoms with Gasteiger partial charge in [0.15, 0.2) is 0 Å². The monoisotopic (exact) mass is 366 g/mol. The van der Waals surface area contributed by atoms with E-state index in [-0.39, 0.29) is 0 Å². The lowest BCUT2D eigenvalue weighted by Gasteiger charge is -2.04. The number of hydrogen-bond donors (Lipinski definition) is 0. The first-order chi connectivity index (χ1) is 12.6. The van der Waals surface area contributed by atoms with Gasteiger partial charge in [0, 0.05) is 12.0 Å². The van der Waals surface area contributed by atoms with Gasteiger partial charge < -0.3 is 4.74 Å². The topological polar surface area (TPSA) is 43.4 Å². The molecule has 0 bridgehead atoms. The molecule has 0 fully saturated rings. The molecule has 0 saturated carbocycles. The van der Waals surface area contributed by atoms with Crippen LogP contribution >= 0.6 is 0 Å². The molecule has 3 nitrogen and oxygen atoms in total. The predicted molar refractivity (Wildman–Crippen MR) is 110 cm³/mol. The molecule has 0 heterocycles. The van der Waals surface area contributed by atoms with Gasteiger partial charge in [-0.1, -0.05) is 110 Å². The molecular weight excluding hydrogens is 324 g/mol. The van der Waals surface area contributed by atoms with Crippen molar-refractivity contribution in [2.75, 3.05) is 0 Å². The van der Waals surface area contributed by atoms with E-state index in [1.165, 1.54) is 83.5 Å². The average Bonchev–Trinajstić information content (AvgIpc) is 2.64. The Morgan fingerprint density at radius 3 is 1.42 bits per heavy atom. The fourth-order valence-corrected chi connectivity index (χ4v) is 3.01. The Labute approximate surface area is 162 Å². The number of carbonyl (C=O) groups excluding carboxylic acids is 2. The predicted octanol–water partition coefficient (Wildman–Crippen LogP) is 7.28. The molecule has 0 rings (SSSR count). The van der Waals surface area contributed by atoms with Gasteiger partial charge in [-0.15, -0.1) is 0 Å². The summed E-state index contributed by atoms with van der Waals surface area (Å²) in [5, 5.41) is 0. The van der Waals surface area contributed by atoms with Crippen LogP contribution in [0.4, 0.5) is 0 Å². The van der Waals surface area contributed by atoms with Crippen LogP contribution in [-0.2, 0) is 14.3 Å². The second kappa shape index (κ2) is 18.7. The molecule has 152 valence electrons. The van der Waals surface area contributed by atoms with Crippen molar-refractivity contribution >= 4 is 11.9 Å². The lowest BCUT2D eigenvalue weighted by atomic mass is 10.0. The van der Waals surface area contributed by atoms with Crippen molar-refractivity contribution in [3.8, 4) is 0 Å². The Bertz CT molecular complexity index is 374. The van der Waals surface area contributed by atoms with E-state index in [0.717, 1.165) is 12.8 Å². The summed E-state index contributed by atoms with van der Waals surface area (Å²) < 4.78 is 4.74. The van der Waals surface area contributed by atoms with E-state index in [1.54, 1.807) is 0 Å². The average molecular weight is 367 g/mol. The molecule has 0 unspecified atom stereocenters. The normalized spacial score (nSPS) is 10.7. The van der Waals surface area contributed by atoms with Crippen LogP contribution < -0.4 is 0 Å². The molecule has 0 spiro atoms. The van der Waals surface area contributed by atoms with Gasteiger partial charge in [-0.05, 0) is 12.8 Å². The Morgan fingerprint density at radius 1 is 0.654 bits per heavy atom. The minimum Gasteiger partial charge on any atom is -0.390 e. The van der Waals surface area contributed by atoms with Crippen LogP contribution in [0.15, 0.2) is 12.2 Å². The molecule has 26 heavy (non-hydrogen) atoms. The van der Waals surface area contributed by atoms with E-state index >= 15 is 0 Å². The van der Waals surface area contributed by atoms with Gasteiger partial charge in [-0.3, -0.25) is 4.79 Å². The fraction of sp³-hybridized carbons (Fsp3) is 0.826. The molecule has 0 aliphatic heterocycles. The van der Waals surface area contributed by atoms with Crippen LogP contribution in [0, 0.1) is 0 Å². The molecule has 0 saturated heterocycles. The van der Waals surface area contributed by atoms with E-state index in [9.17, 15) is 9.59 Å². The van der Waals surface area contributed by atoms with E-state index in [4.69, 9.17) is 4.74 Å². The highest BCUT2D eigenvalue weighted by molar-refractivity contribution is 5.95. The summed E-state index contributed by atoms with van der Waals surface area (Å²) in [5.41, 5.74) is 0.356. The maximum atomic E-state index is 11.5. The number of esters is 2. The SMILES string of the molecule is C=C(CC)C(=O)OC(=O)CCCCCCCCCCCCCCCCC. The molecule has 0 amide bonds. The standard InChI is InChI=1S/C23H42O3/c1-4-6-7-8-9-10-11-12-13-14-15-16-17-18-19-20-22(24)26-23(25)21(3)5-2/h3-20H2,1-2H3. The molecular formula is C23H42O3. The zero-order chi connectivity index (χ0) is 19.5. The highest BCUT2D eigenvalue weighted by Gasteiger charge is 2.11. The molecule has 0 radical (unpaired) electrons. The van der Waals surface area contributed by atoms with Gasteiger partial charge in [0.1, 0.15) is 0 Å². The fourth-order valence-electron chi connectivity index (χ4n) is 3.01. The van der Waals surface area contributed by atoms with Crippen LogP contribution in [0.3, 0.4) is 0 Å². The Kier molecular flexibility index (Phi) is 17.9. The zero-order valence-electron chi connectivity index (χ0n) is 17.5. The molecule has 0 aromatic rings. The molecule has 0 aliphatic rings. The maximum Gasteiger partial charge on any atom is 0.341 e. The third kappa shape index (κ3) is 16.4. The van der Waals surface area contributed by atoms with Crippen molar-refractivity contribution < 1.29 is 14.3 Å². The number of rotatable bonds is 18. The van der Waals surface area contributed by atoms with E-state index in [0.29, 0.717) is 18.4 Å². The molecule has 0 aromatic carbocycles. The van der Waals surface area contributed by atoms with Gasteiger partial charge >= 0.3 is 11.9 Å². The Balaban J connectivity index is 3.25. The summed E-state index contributed by atoms with van der Waals surface area (Å²) in [6.45, 7) is 7.66. The highest BCUT2D eigenvalue weighted by Crippen LogP contribution is 2.14. The second-order valence-electron chi connectivity index (χ2n) is 7.42. The Hall–Kier alpha value is -1.12. The van der Waals surface area contributed by atoms with Crippen molar-refractivity contribution in [3.63, 3.8) is 0 Å². The van der Waals surface area contributed by atoms with Crippen LogP contribution in [0.5, 0.6) is 0 Å². The third-order valence-electron chi connectivity index (χ3n) is 4.91. The van der Waals surface area contributed by atoms with Crippen molar-refractivity contribution in [1.29, 1.82) is 0 Å². The van der Waals surface area contributed by atoms with Gasteiger partial charge in [0.2, 0.25) is 0 Å². The van der Waals surface area contributed by atoms with Crippen molar-refractivity contribution in [2.45, 2.75) is 123 Å². The van der Waals surface area contributed by atoms with Crippen LogP contribution in [0.1, 0.15) is 123 Å². The minimum atomic E-state index is -0.571. The molecule has 0 N–H and O–H groups in total. The molecule has 0 atom stereocenters. The first kappa shape index (κ1) is 24.9. The lowest BCUT2D eigenvalue weighted by molar-refractivity contribution is -0.157. The van der Waals surface area contributed by atoms with Gasteiger partial charge in [-0.25, -0.2) is 4.79 Å². The molecule has 0 aliphatic carbocycles. The summed E-state index contributed by atoms with van der Waals surface area (Å²) >= 11 is 0. The number of unbranched alkanes of at least 4 members (excludes halogenated alkanes) is 14. The van der Waals surface area contributed by atoms with E-state index in [2.05, 4.69) is 13.5 Å². The van der Waals surface area contributed by atoms with E-state index < -0.39 is 11.9 Å². The lowest BCUT2D eigenvalue weighted by Crippen LogP contribution is -2.13. The summed E-state index contributed by atoms with van der Waals surface area (Å²) in [6, 6.07) is 0. The number of carbonyl (C=O) groups is 2. The molecule has 0 aromatic heterocycles. The van der Waals surface area contributed by atoms with Crippen molar-refractivity contribution in [2.24, 2.45) is 0 Å². The number of hydrogen-bond acceptors (Lipinski definition) is 3. The first-order valence-corrected chi connectivity index (χ1v) is 11.0. The first-order valence-electron chi connectivity index (χ1n) is 11.0. The van der Waals surface area contributed by atoms with Crippen molar-refractivity contribution in [1.82, 2.24) is 0 Å². The zero-order valence-corrected chi connectivity index (χ0v) is 17.5. The van der Waals surface area contributed by atoms with E-state index in [1.807, 2.05) is 6.92 Å². The van der Waals surface area contributed by atoms with Crippen LogP contribution in [-0.4, -0.2) is 11.9 Å².